The molecule has 2 aromatic rings. The summed E-state index contributed by atoms with van der Waals surface area (Å²) >= 11 is 10.2. The molecule has 0 unspecified atom stereocenters. The Morgan fingerprint density at radius 2 is 1.89 bits per heavy atom. The molecule has 1 fully saturated rings. The second kappa shape index (κ2) is 11.7. The zero-order valence-corrected chi connectivity index (χ0v) is 25.2. The monoisotopic (exact) mass is 582 g/mol. The topological polar surface area (TPSA) is 80.4 Å². The maximum atomic E-state index is 13.8. The number of sulfonamides is 1. The Kier molecular flexibility index (Phi) is 9.01. The average Bonchev–Trinajstić information content (AvgIpc) is 3.57. The van der Waals surface area contributed by atoms with Crippen LogP contribution < -0.4 is 4.72 Å². The minimum atomic E-state index is -3.99. The number of benzene rings is 1. The molecule has 0 aliphatic carbocycles. The number of aryl methyl sites for hydroxylation is 1. The van der Waals surface area contributed by atoms with Gasteiger partial charge in [-0.3, -0.25) is 0 Å². The molecule has 3 heterocycles. The molecule has 4 rings (SSSR count). The summed E-state index contributed by atoms with van der Waals surface area (Å²) in [6.07, 6.45) is 4.30. The number of rotatable bonds is 9. The van der Waals surface area contributed by atoms with Crippen molar-refractivity contribution in [1.82, 2.24) is 9.71 Å². The lowest BCUT2D eigenvalue weighted by Crippen LogP contribution is -2.31. The number of hydrogen-bond donors (Lipinski definition) is 2. The van der Waals surface area contributed by atoms with E-state index in [-0.39, 0.29) is 15.8 Å². The Morgan fingerprint density at radius 1 is 1.22 bits per heavy atom. The second-order valence-electron chi connectivity index (χ2n) is 9.45. The lowest BCUT2D eigenvalue weighted by molar-refractivity contribution is 0.134. The number of ether oxygens (including phenoxy) is 2. The van der Waals surface area contributed by atoms with Crippen molar-refractivity contribution in [3.05, 3.63) is 74.4 Å². The van der Waals surface area contributed by atoms with Crippen molar-refractivity contribution in [1.29, 1.82) is 0 Å². The highest BCUT2D eigenvalue weighted by Gasteiger charge is 2.42. The number of halogens is 1. The van der Waals surface area contributed by atoms with Crippen molar-refractivity contribution in [2.24, 2.45) is 0 Å². The predicted molar refractivity (Wildman–Crippen MR) is 154 cm³/mol. The number of fused-ring (bicyclic) bond motifs is 1. The molecular formula is C27H35ClN2O4S3. The number of methoxy groups -OCH3 is 1. The van der Waals surface area contributed by atoms with Gasteiger partial charge in [-0.25, -0.2) is 13.1 Å². The molecule has 0 atom stereocenters. The van der Waals surface area contributed by atoms with E-state index >= 15 is 0 Å². The molecule has 1 aromatic carbocycles. The predicted octanol–water partition coefficient (Wildman–Crippen LogP) is 6.70. The van der Waals surface area contributed by atoms with Crippen LogP contribution in [0.15, 0.2) is 51.4 Å². The number of H-pyrrole nitrogens is 1. The Hall–Kier alpha value is -1.52. The van der Waals surface area contributed by atoms with Crippen molar-refractivity contribution in [3.63, 3.8) is 0 Å². The molecule has 37 heavy (non-hydrogen) atoms. The standard InChI is InChI=1S/C27H35ClN2O4S3/c1-6-17(2)19(4)24(28)26(33-5)30-37(31,32)23-8-9-29-25(23)27(35-10-7-11-36-27)14-20-13-22-16-34-15-21(22)12-18(20)3/h8-9,12-13,29-30H,6-7,10-11,14-16H2,1-5H3/b19-17-,26-24+. The third-order valence-corrected chi connectivity index (χ3v) is 12.2. The molecule has 1 saturated heterocycles. The van der Waals surface area contributed by atoms with Gasteiger partial charge in [-0.1, -0.05) is 36.2 Å². The van der Waals surface area contributed by atoms with Crippen molar-refractivity contribution < 1.29 is 17.9 Å². The van der Waals surface area contributed by atoms with Gasteiger partial charge in [-0.2, -0.15) is 0 Å². The largest absolute Gasteiger partial charge is 0.481 e. The van der Waals surface area contributed by atoms with Crippen LogP contribution in [0.5, 0.6) is 0 Å². The van der Waals surface area contributed by atoms with Gasteiger partial charge in [-0.15, -0.1) is 23.5 Å². The third kappa shape index (κ3) is 5.91. The van der Waals surface area contributed by atoms with Crippen LogP contribution in [-0.2, 0) is 43.2 Å². The van der Waals surface area contributed by atoms with E-state index < -0.39 is 14.1 Å². The number of aromatic amines is 1. The van der Waals surface area contributed by atoms with Gasteiger partial charge in [0, 0.05) is 12.6 Å². The van der Waals surface area contributed by atoms with Crippen LogP contribution in [0, 0.1) is 6.92 Å². The number of hydrogen-bond acceptors (Lipinski definition) is 6. The lowest BCUT2D eigenvalue weighted by Gasteiger charge is -2.37. The smallest absolute Gasteiger partial charge is 0.266 e. The van der Waals surface area contributed by atoms with Crippen LogP contribution in [0.2, 0.25) is 0 Å². The van der Waals surface area contributed by atoms with E-state index in [2.05, 4.69) is 28.8 Å². The van der Waals surface area contributed by atoms with E-state index in [4.69, 9.17) is 21.1 Å². The van der Waals surface area contributed by atoms with Crippen molar-refractivity contribution in [3.8, 4) is 0 Å². The van der Waals surface area contributed by atoms with Crippen molar-refractivity contribution >= 4 is 45.1 Å². The number of allylic oxidation sites excluding steroid dienone is 3. The molecule has 0 radical (unpaired) electrons. The Bertz CT molecular complexity index is 1330. The first-order chi connectivity index (χ1) is 17.6. The van der Waals surface area contributed by atoms with Gasteiger partial charge < -0.3 is 14.5 Å². The number of thioether (sulfide) groups is 2. The zero-order chi connectivity index (χ0) is 26.8. The fourth-order valence-electron chi connectivity index (χ4n) is 4.61. The van der Waals surface area contributed by atoms with Crippen LogP contribution in [-0.4, -0.2) is 32.0 Å². The fraction of sp³-hybridized carbons (Fsp3) is 0.481. The fourth-order valence-corrected chi connectivity index (χ4v) is 9.76. The summed E-state index contributed by atoms with van der Waals surface area (Å²) < 4.78 is 40.7. The normalized spacial score (nSPS) is 18.6. The van der Waals surface area contributed by atoms with Gasteiger partial charge in [0.1, 0.15) is 14.0 Å². The average molecular weight is 583 g/mol. The van der Waals surface area contributed by atoms with Gasteiger partial charge in [0.2, 0.25) is 5.88 Å². The van der Waals surface area contributed by atoms with E-state index in [0.29, 0.717) is 25.3 Å². The summed E-state index contributed by atoms with van der Waals surface area (Å²) in [6.45, 7) is 9.27. The van der Waals surface area contributed by atoms with Crippen LogP contribution in [0.1, 0.15) is 61.6 Å². The SMILES string of the molecule is CC/C(C)=C(C)\C(Cl)=C(\NS(=O)(=O)c1cc[nH]c1C1(Cc2cc3c(cc2C)COC3)SCCCS1)OC. The Balaban J connectivity index is 1.73. The number of aromatic nitrogens is 1. The molecule has 2 aliphatic rings. The summed E-state index contributed by atoms with van der Waals surface area (Å²) in [5, 5.41) is 0.259. The first-order valence-electron chi connectivity index (χ1n) is 12.4. The molecule has 2 aliphatic heterocycles. The maximum Gasteiger partial charge on any atom is 0.266 e. The second-order valence-corrected chi connectivity index (χ2v) is 14.5. The van der Waals surface area contributed by atoms with Crippen LogP contribution in [0.25, 0.3) is 0 Å². The van der Waals surface area contributed by atoms with E-state index in [1.54, 1.807) is 12.3 Å². The van der Waals surface area contributed by atoms with Gasteiger partial charge >= 0.3 is 0 Å². The summed E-state index contributed by atoms with van der Waals surface area (Å²) in [5.41, 5.74) is 7.43. The minimum Gasteiger partial charge on any atom is -0.481 e. The molecule has 0 saturated carbocycles. The first kappa shape index (κ1) is 28.5. The van der Waals surface area contributed by atoms with E-state index in [1.807, 2.05) is 44.3 Å². The molecule has 0 bridgehead atoms. The summed E-state index contributed by atoms with van der Waals surface area (Å²) in [6, 6.07) is 6.07. The Morgan fingerprint density at radius 3 is 2.54 bits per heavy atom. The van der Waals surface area contributed by atoms with Crippen molar-refractivity contribution in [2.45, 2.75) is 69.1 Å². The van der Waals surface area contributed by atoms with Gasteiger partial charge in [-0.05, 0) is 79.0 Å². The lowest BCUT2D eigenvalue weighted by atomic mass is 9.96. The Labute approximate surface area is 234 Å². The van der Waals surface area contributed by atoms with Gasteiger partial charge in [0.25, 0.3) is 10.0 Å². The summed E-state index contributed by atoms with van der Waals surface area (Å²) in [7, 11) is -2.57. The van der Waals surface area contributed by atoms with Crippen LogP contribution in [0.4, 0.5) is 0 Å². The molecule has 6 nitrogen and oxygen atoms in total. The van der Waals surface area contributed by atoms with E-state index in [1.165, 1.54) is 29.4 Å². The van der Waals surface area contributed by atoms with Crippen LogP contribution in [0.3, 0.4) is 0 Å². The molecule has 10 heteroatoms. The zero-order valence-electron chi connectivity index (χ0n) is 22.0. The van der Waals surface area contributed by atoms with Gasteiger partial charge in [0.15, 0.2) is 0 Å². The number of nitrogens with one attached hydrogen (secondary N) is 2. The molecular weight excluding hydrogens is 548 g/mol. The highest BCUT2D eigenvalue weighted by Crippen LogP contribution is 2.53. The van der Waals surface area contributed by atoms with Crippen molar-refractivity contribution in [2.75, 3.05) is 18.6 Å². The molecule has 1 aromatic heterocycles. The summed E-state index contributed by atoms with van der Waals surface area (Å²) in [5.74, 6) is 1.94. The molecule has 0 spiro atoms. The van der Waals surface area contributed by atoms with E-state index in [0.717, 1.165) is 35.5 Å². The van der Waals surface area contributed by atoms with Gasteiger partial charge in [0.05, 0.1) is 26.0 Å². The minimum absolute atomic E-state index is 0.0200. The molecule has 0 amide bonds. The molecule has 2 N–H and O–H groups in total. The maximum absolute atomic E-state index is 13.8. The third-order valence-electron chi connectivity index (χ3n) is 7.07. The van der Waals surface area contributed by atoms with Crippen LogP contribution >= 0.6 is 35.1 Å². The highest BCUT2D eigenvalue weighted by atomic mass is 35.5. The quantitative estimate of drug-likeness (QED) is 0.253. The first-order valence-corrected chi connectivity index (χ1v) is 16.2. The van der Waals surface area contributed by atoms with E-state index in [9.17, 15) is 8.42 Å². The summed E-state index contributed by atoms with van der Waals surface area (Å²) in [4.78, 5) is 3.51. The highest BCUT2D eigenvalue weighted by molar-refractivity contribution is 8.18. The molecule has 202 valence electrons.